The van der Waals surface area contributed by atoms with E-state index < -0.39 is 12.1 Å². The summed E-state index contributed by atoms with van der Waals surface area (Å²) in [5.41, 5.74) is 0.884. The van der Waals surface area contributed by atoms with E-state index in [9.17, 15) is 9.59 Å². The fourth-order valence-corrected chi connectivity index (χ4v) is 1.72. The van der Waals surface area contributed by atoms with Gasteiger partial charge < -0.3 is 9.84 Å². The Kier molecular flexibility index (Phi) is 4.34. The highest BCUT2D eigenvalue weighted by Crippen LogP contribution is 2.26. The number of carboxylic acid groups (broad SMARTS) is 1. The van der Waals surface area contributed by atoms with E-state index in [4.69, 9.17) is 9.84 Å². The van der Waals surface area contributed by atoms with E-state index >= 15 is 0 Å². The van der Waals surface area contributed by atoms with Gasteiger partial charge >= 0.3 is 12.1 Å². The summed E-state index contributed by atoms with van der Waals surface area (Å²) >= 11 is 0. The Labute approximate surface area is 104 Å². The molecule has 0 bridgehead atoms. The van der Waals surface area contributed by atoms with Gasteiger partial charge in [-0.25, -0.2) is 4.79 Å². The van der Waals surface area contributed by atoms with E-state index in [1.807, 2.05) is 30.3 Å². The van der Waals surface area contributed by atoms with Crippen LogP contribution in [0.25, 0.3) is 0 Å². The molecule has 5 nitrogen and oxygen atoms in total. The predicted octanol–water partition coefficient (Wildman–Crippen LogP) is 1.69. The SMILES string of the molecule is Cl.O=C(O)CN1C(=O)OC[C@@H]1c1ccccc1. The van der Waals surface area contributed by atoms with Crippen molar-refractivity contribution >= 4 is 24.5 Å². The molecule has 1 fully saturated rings. The van der Waals surface area contributed by atoms with Gasteiger partial charge in [-0.1, -0.05) is 30.3 Å². The normalized spacial score (nSPS) is 18.5. The van der Waals surface area contributed by atoms with Crippen LogP contribution in [-0.2, 0) is 9.53 Å². The van der Waals surface area contributed by atoms with Crippen molar-refractivity contribution in [3.63, 3.8) is 0 Å². The maximum atomic E-state index is 11.3. The predicted molar refractivity (Wildman–Crippen MR) is 62.1 cm³/mol. The molecule has 1 aromatic carbocycles. The molecule has 1 amide bonds. The third-order valence-corrected chi connectivity index (χ3v) is 2.47. The van der Waals surface area contributed by atoms with Crippen molar-refractivity contribution in [1.82, 2.24) is 4.90 Å². The Hall–Kier alpha value is -1.75. The second-order valence-corrected chi connectivity index (χ2v) is 3.53. The average molecular weight is 258 g/mol. The number of nitrogens with zero attached hydrogens (tertiary/aromatic N) is 1. The quantitative estimate of drug-likeness (QED) is 0.895. The molecule has 2 rings (SSSR count). The second kappa shape index (κ2) is 5.54. The molecule has 1 aromatic rings. The number of cyclic esters (lactones) is 1. The lowest BCUT2D eigenvalue weighted by Crippen LogP contribution is -2.32. The van der Waals surface area contributed by atoms with Gasteiger partial charge in [0, 0.05) is 0 Å². The highest BCUT2D eigenvalue weighted by atomic mass is 35.5. The molecular formula is C11H12ClNO4. The lowest BCUT2D eigenvalue weighted by atomic mass is 10.1. The number of benzene rings is 1. The molecule has 1 aliphatic rings. The van der Waals surface area contributed by atoms with Crippen molar-refractivity contribution in [3.05, 3.63) is 35.9 Å². The summed E-state index contributed by atoms with van der Waals surface area (Å²) in [6, 6.07) is 8.95. The second-order valence-electron chi connectivity index (χ2n) is 3.53. The van der Waals surface area contributed by atoms with Gasteiger partial charge in [-0.15, -0.1) is 12.4 Å². The minimum Gasteiger partial charge on any atom is -0.480 e. The molecule has 0 aliphatic carbocycles. The van der Waals surface area contributed by atoms with Gasteiger partial charge in [0.1, 0.15) is 13.2 Å². The zero-order chi connectivity index (χ0) is 11.5. The highest BCUT2D eigenvalue weighted by molar-refractivity contribution is 5.85. The van der Waals surface area contributed by atoms with Crippen LogP contribution in [0.5, 0.6) is 0 Å². The maximum absolute atomic E-state index is 11.3. The van der Waals surface area contributed by atoms with Crippen LogP contribution in [-0.4, -0.2) is 35.2 Å². The molecule has 1 heterocycles. The van der Waals surface area contributed by atoms with E-state index in [0.29, 0.717) is 0 Å². The van der Waals surface area contributed by atoms with Crippen LogP contribution in [0.15, 0.2) is 30.3 Å². The van der Waals surface area contributed by atoms with Gasteiger partial charge in [0.15, 0.2) is 0 Å². The zero-order valence-corrected chi connectivity index (χ0v) is 9.72. The molecule has 6 heteroatoms. The number of carboxylic acids is 1. The van der Waals surface area contributed by atoms with Crippen molar-refractivity contribution in [2.75, 3.05) is 13.2 Å². The lowest BCUT2D eigenvalue weighted by Gasteiger charge is -2.19. The monoisotopic (exact) mass is 257 g/mol. The third-order valence-electron chi connectivity index (χ3n) is 2.47. The van der Waals surface area contributed by atoms with Gasteiger partial charge in [0.25, 0.3) is 0 Å². The maximum Gasteiger partial charge on any atom is 0.411 e. The minimum absolute atomic E-state index is 0. The Bertz CT molecular complexity index is 409. The van der Waals surface area contributed by atoms with Gasteiger partial charge in [-0.2, -0.15) is 0 Å². The molecule has 0 unspecified atom stereocenters. The van der Waals surface area contributed by atoms with E-state index in [-0.39, 0.29) is 31.6 Å². The molecule has 0 spiro atoms. The summed E-state index contributed by atoms with van der Waals surface area (Å²) in [4.78, 5) is 23.2. The number of carbonyl (C=O) groups is 2. The first-order valence-corrected chi connectivity index (χ1v) is 4.88. The van der Waals surface area contributed by atoms with Gasteiger partial charge in [-0.3, -0.25) is 9.69 Å². The zero-order valence-electron chi connectivity index (χ0n) is 8.91. The number of amides is 1. The standard InChI is InChI=1S/C11H11NO4.ClH/c13-10(14)6-12-9(7-16-11(12)15)8-4-2-1-3-5-8;/h1-5,9H,6-7H2,(H,13,14);1H/t9-;/m1./s1. The van der Waals surface area contributed by atoms with Gasteiger partial charge in [0.2, 0.25) is 0 Å². The molecule has 1 atom stereocenters. The van der Waals surface area contributed by atoms with Gasteiger partial charge in [0.05, 0.1) is 6.04 Å². The number of ether oxygens (including phenoxy) is 1. The van der Waals surface area contributed by atoms with Gasteiger partial charge in [-0.05, 0) is 5.56 Å². The van der Waals surface area contributed by atoms with E-state index in [1.165, 1.54) is 4.90 Å². The summed E-state index contributed by atoms with van der Waals surface area (Å²) in [6.45, 7) is -0.130. The number of aliphatic carboxylic acids is 1. The van der Waals surface area contributed by atoms with Crippen LogP contribution in [0, 0.1) is 0 Å². The number of carbonyl (C=O) groups excluding carboxylic acids is 1. The largest absolute Gasteiger partial charge is 0.480 e. The molecule has 0 radical (unpaired) electrons. The molecule has 1 N–H and O–H groups in total. The molecule has 0 aromatic heterocycles. The minimum atomic E-state index is -1.04. The van der Waals surface area contributed by atoms with Crippen LogP contribution in [0.2, 0.25) is 0 Å². The Morgan fingerprint density at radius 3 is 2.65 bits per heavy atom. The Morgan fingerprint density at radius 2 is 2.06 bits per heavy atom. The summed E-state index contributed by atoms with van der Waals surface area (Å²) < 4.78 is 4.86. The molecule has 1 saturated heterocycles. The summed E-state index contributed by atoms with van der Waals surface area (Å²) in [7, 11) is 0. The number of hydrogen-bond acceptors (Lipinski definition) is 3. The summed E-state index contributed by atoms with van der Waals surface area (Å²) in [6.07, 6.45) is -0.573. The van der Waals surface area contributed by atoms with Crippen molar-refractivity contribution < 1.29 is 19.4 Å². The number of rotatable bonds is 3. The first-order valence-electron chi connectivity index (χ1n) is 4.88. The fraction of sp³-hybridized carbons (Fsp3) is 0.273. The first kappa shape index (κ1) is 13.3. The van der Waals surface area contributed by atoms with Crippen molar-refractivity contribution in [1.29, 1.82) is 0 Å². The van der Waals surface area contributed by atoms with E-state index in [2.05, 4.69) is 0 Å². The van der Waals surface area contributed by atoms with Crippen LogP contribution in [0.3, 0.4) is 0 Å². The van der Waals surface area contributed by atoms with E-state index in [0.717, 1.165) is 5.56 Å². The molecule has 92 valence electrons. The van der Waals surface area contributed by atoms with Crippen LogP contribution < -0.4 is 0 Å². The van der Waals surface area contributed by atoms with Crippen LogP contribution >= 0.6 is 12.4 Å². The van der Waals surface area contributed by atoms with Crippen molar-refractivity contribution in [2.24, 2.45) is 0 Å². The fourth-order valence-electron chi connectivity index (χ4n) is 1.72. The first-order chi connectivity index (χ1) is 7.68. The van der Waals surface area contributed by atoms with Crippen LogP contribution in [0.1, 0.15) is 11.6 Å². The smallest absolute Gasteiger partial charge is 0.411 e. The highest BCUT2D eigenvalue weighted by Gasteiger charge is 2.35. The van der Waals surface area contributed by atoms with E-state index in [1.54, 1.807) is 0 Å². The Balaban J connectivity index is 0.00000144. The van der Waals surface area contributed by atoms with Crippen molar-refractivity contribution in [3.8, 4) is 0 Å². The van der Waals surface area contributed by atoms with Crippen LogP contribution in [0.4, 0.5) is 4.79 Å². The molecular weight excluding hydrogens is 246 g/mol. The lowest BCUT2D eigenvalue weighted by molar-refractivity contribution is -0.137. The summed E-state index contributed by atoms with van der Waals surface area (Å²) in [5, 5.41) is 8.71. The molecule has 1 aliphatic heterocycles. The molecule has 0 saturated carbocycles. The molecule has 17 heavy (non-hydrogen) atoms. The number of hydrogen-bond donors (Lipinski definition) is 1. The number of halogens is 1. The third kappa shape index (κ3) is 2.88. The summed E-state index contributed by atoms with van der Waals surface area (Å²) in [5.74, 6) is -1.04. The average Bonchev–Trinajstić information content (AvgIpc) is 2.61. The van der Waals surface area contributed by atoms with Crippen molar-refractivity contribution in [2.45, 2.75) is 6.04 Å². The Morgan fingerprint density at radius 1 is 1.41 bits per heavy atom. The topological polar surface area (TPSA) is 66.8 Å².